The maximum Gasteiger partial charge on any atom is 0.271 e. The molecule has 1 fully saturated rings. The maximum absolute atomic E-state index is 13.3. The molecule has 0 aliphatic carbocycles. The van der Waals surface area contributed by atoms with E-state index in [-0.39, 0.29) is 23.7 Å². The molecule has 2 aromatic carbocycles. The van der Waals surface area contributed by atoms with E-state index in [1.807, 2.05) is 0 Å². The van der Waals surface area contributed by atoms with Crippen molar-refractivity contribution >= 4 is 46.4 Å². The first-order valence-corrected chi connectivity index (χ1v) is 10.5. The second-order valence-electron chi connectivity index (χ2n) is 7.63. The number of nitrogens with two attached hydrogens (primary N) is 1. The fourth-order valence-electron chi connectivity index (χ4n) is 3.79. The van der Waals surface area contributed by atoms with Crippen molar-refractivity contribution in [1.82, 2.24) is 4.90 Å². The summed E-state index contributed by atoms with van der Waals surface area (Å²) in [4.78, 5) is 39.5. The van der Waals surface area contributed by atoms with Crippen molar-refractivity contribution < 1.29 is 18.8 Å². The third kappa shape index (κ3) is 4.43. The van der Waals surface area contributed by atoms with Crippen molar-refractivity contribution in [3.8, 4) is 0 Å². The molecule has 3 amide bonds. The number of nitrogens with one attached hydrogen (secondary N) is 1. The molecule has 0 bridgehead atoms. The van der Waals surface area contributed by atoms with Crippen molar-refractivity contribution in [2.75, 3.05) is 23.4 Å². The number of hydrogen-bond acceptors (Lipinski definition) is 5. The van der Waals surface area contributed by atoms with E-state index < -0.39 is 23.7 Å². The SMILES string of the molecule is NC(=O)C1CC(C(=O)Nc2cc(Cl)ccc2C(=O)N2CCCC2)=NN1c1ccc(F)cc1. The first kappa shape index (κ1) is 21.8. The minimum atomic E-state index is -0.897. The van der Waals surface area contributed by atoms with Gasteiger partial charge < -0.3 is 16.0 Å². The number of carbonyl (C=O) groups excluding carboxylic acids is 3. The second-order valence-corrected chi connectivity index (χ2v) is 8.07. The summed E-state index contributed by atoms with van der Waals surface area (Å²) in [6, 6.07) is 9.11. The topological polar surface area (TPSA) is 108 Å². The largest absolute Gasteiger partial charge is 0.368 e. The average Bonchev–Trinajstić information content (AvgIpc) is 3.44. The Bertz CT molecular complexity index is 1100. The van der Waals surface area contributed by atoms with Crippen molar-refractivity contribution in [1.29, 1.82) is 0 Å². The lowest BCUT2D eigenvalue weighted by molar-refractivity contribution is -0.119. The Morgan fingerprint density at radius 3 is 2.44 bits per heavy atom. The molecule has 10 heteroatoms. The number of hydrogen-bond donors (Lipinski definition) is 2. The Morgan fingerprint density at radius 2 is 1.78 bits per heavy atom. The summed E-state index contributed by atoms with van der Waals surface area (Å²) in [6.45, 7) is 1.32. The van der Waals surface area contributed by atoms with Crippen LogP contribution in [0.1, 0.15) is 29.6 Å². The predicted octanol–water partition coefficient (Wildman–Crippen LogP) is 2.77. The third-order valence-electron chi connectivity index (χ3n) is 5.45. The lowest BCUT2D eigenvalue weighted by Gasteiger charge is -2.20. The van der Waals surface area contributed by atoms with Crippen LogP contribution in [-0.4, -0.2) is 47.5 Å². The van der Waals surface area contributed by atoms with Gasteiger partial charge in [0.1, 0.15) is 17.6 Å². The number of nitrogens with zero attached hydrogens (tertiary/aromatic N) is 3. The van der Waals surface area contributed by atoms with Crippen LogP contribution in [0.3, 0.4) is 0 Å². The Morgan fingerprint density at radius 1 is 1.09 bits per heavy atom. The third-order valence-corrected chi connectivity index (χ3v) is 5.68. The van der Waals surface area contributed by atoms with Crippen LogP contribution >= 0.6 is 11.6 Å². The summed E-state index contributed by atoms with van der Waals surface area (Å²) in [7, 11) is 0. The van der Waals surface area contributed by atoms with Crippen molar-refractivity contribution in [3.05, 3.63) is 58.9 Å². The summed E-state index contributed by atoms with van der Waals surface area (Å²) in [6.07, 6.45) is 1.84. The molecule has 1 atom stereocenters. The molecule has 166 valence electrons. The zero-order valence-corrected chi connectivity index (χ0v) is 17.8. The molecule has 2 aliphatic heterocycles. The smallest absolute Gasteiger partial charge is 0.271 e. The van der Waals surface area contributed by atoms with Gasteiger partial charge in [0.2, 0.25) is 5.91 Å². The van der Waals surface area contributed by atoms with Gasteiger partial charge in [-0.1, -0.05) is 11.6 Å². The number of hydrazone groups is 1. The fourth-order valence-corrected chi connectivity index (χ4v) is 3.96. The first-order chi connectivity index (χ1) is 15.3. The Balaban J connectivity index is 1.59. The standard InChI is InChI=1S/C22H21ClFN5O3/c23-13-3-8-16(22(32)28-9-1-2-10-28)17(11-13)26-21(31)18-12-19(20(25)30)29(27-18)15-6-4-14(24)5-7-15/h3-8,11,19H,1-2,9-10,12H2,(H2,25,30)(H,26,31). The first-order valence-electron chi connectivity index (χ1n) is 10.2. The van der Waals surface area contributed by atoms with Crippen LogP contribution in [0.2, 0.25) is 5.02 Å². The van der Waals surface area contributed by atoms with Crippen molar-refractivity contribution in [3.63, 3.8) is 0 Å². The number of amides is 3. The zero-order chi connectivity index (χ0) is 22.8. The second kappa shape index (κ2) is 8.96. The molecule has 2 heterocycles. The summed E-state index contributed by atoms with van der Waals surface area (Å²) in [5.41, 5.74) is 6.56. The molecule has 0 spiro atoms. The van der Waals surface area contributed by atoms with Gasteiger partial charge in [-0.15, -0.1) is 0 Å². The van der Waals surface area contributed by atoms with E-state index in [1.54, 1.807) is 17.0 Å². The molecule has 32 heavy (non-hydrogen) atoms. The fraction of sp³-hybridized carbons (Fsp3) is 0.273. The van der Waals surface area contributed by atoms with Gasteiger partial charge in [0.05, 0.1) is 16.9 Å². The van der Waals surface area contributed by atoms with E-state index >= 15 is 0 Å². The van der Waals surface area contributed by atoms with E-state index in [1.165, 1.54) is 35.3 Å². The van der Waals surface area contributed by atoms with Crippen molar-refractivity contribution in [2.24, 2.45) is 10.8 Å². The highest BCUT2D eigenvalue weighted by Gasteiger charge is 2.35. The number of benzene rings is 2. The Hall–Kier alpha value is -3.46. The van der Waals surface area contributed by atoms with Gasteiger partial charge in [-0.25, -0.2) is 4.39 Å². The number of halogens is 2. The predicted molar refractivity (Wildman–Crippen MR) is 119 cm³/mol. The molecular formula is C22H21ClFN5O3. The van der Waals surface area contributed by atoms with Crippen LogP contribution in [0.25, 0.3) is 0 Å². The molecule has 3 N–H and O–H groups in total. The normalized spacial score (nSPS) is 17.9. The highest BCUT2D eigenvalue weighted by atomic mass is 35.5. The van der Waals surface area contributed by atoms with E-state index in [2.05, 4.69) is 10.4 Å². The average molecular weight is 458 g/mol. The van der Waals surface area contributed by atoms with Crippen LogP contribution in [0, 0.1) is 5.82 Å². The van der Waals surface area contributed by atoms with Crippen LogP contribution < -0.4 is 16.1 Å². The van der Waals surface area contributed by atoms with Crippen LogP contribution in [0.5, 0.6) is 0 Å². The summed E-state index contributed by atoms with van der Waals surface area (Å²) >= 11 is 6.10. The minimum Gasteiger partial charge on any atom is -0.368 e. The van der Waals surface area contributed by atoms with Crippen LogP contribution in [0.4, 0.5) is 15.8 Å². The van der Waals surface area contributed by atoms with Gasteiger partial charge in [-0.05, 0) is 55.3 Å². The highest BCUT2D eigenvalue weighted by molar-refractivity contribution is 6.44. The van der Waals surface area contributed by atoms with E-state index in [0.717, 1.165) is 12.8 Å². The summed E-state index contributed by atoms with van der Waals surface area (Å²) in [5.74, 6) is -1.89. The van der Waals surface area contributed by atoms with Crippen LogP contribution in [-0.2, 0) is 9.59 Å². The minimum absolute atomic E-state index is 0.0332. The Labute approximate surface area is 188 Å². The molecular weight excluding hydrogens is 437 g/mol. The van der Waals surface area contributed by atoms with Gasteiger partial charge >= 0.3 is 0 Å². The lowest BCUT2D eigenvalue weighted by atomic mass is 10.1. The number of rotatable bonds is 5. The number of likely N-dealkylation sites (tertiary alicyclic amines) is 1. The maximum atomic E-state index is 13.3. The molecule has 2 aromatic rings. The molecule has 4 rings (SSSR count). The number of carbonyl (C=O) groups is 3. The number of anilines is 2. The number of primary amides is 1. The van der Waals surface area contributed by atoms with Crippen molar-refractivity contribution in [2.45, 2.75) is 25.3 Å². The molecule has 0 radical (unpaired) electrons. The van der Waals surface area contributed by atoms with Gasteiger partial charge in [0, 0.05) is 24.5 Å². The molecule has 1 unspecified atom stereocenters. The molecule has 8 nitrogen and oxygen atoms in total. The van der Waals surface area contributed by atoms with Gasteiger partial charge in [-0.2, -0.15) is 5.10 Å². The monoisotopic (exact) mass is 457 g/mol. The van der Waals surface area contributed by atoms with E-state index in [4.69, 9.17) is 17.3 Å². The highest BCUT2D eigenvalue weighted by Crippen LogP contribution is 2.27. The zero-order valence-electron chi connectivity index (χ0n) is 17.1. The molecule has 1 saturated heterocycles. The van der Waals surface area contributed by atoms with Gasteiger partial charge in [0.25, 0.3) is 11.8 Å². The van der Waals surface area contributed by atoms with Gasteiger partial charge in [-0.3, -0.25) is 19.4 Å². The van der Waals surface area contributed by atoms with E-state index in [9.17, 15) is 18.8 Å². The summed E-state index contributed by atoms with van der Waals surface area (Å²) in [5, 5.41) is 8.60. The van der Waals surface area contributed by atoms with Gasteiger partial charge in [0.15, 0.2) is 0 Å². The van der Waals surface area contributed by atoms with Crippen LogP contribution in [0.15, 0.2) is 47.6 Å². The quantitative estimate of drug-likeness (QED) is 0.719. The molecule has 0 saturated carbocycles. The lowest BCUT2D eigenvalue weighted by Crippen LogP contribution is -2.39. The molecule has 0 aromatic heterocycles. The Kier molecular flexibility index (Phi) is 6.09. The van der Waals surface area contributed by atoms with E-state index in [0.29, 0.717) is 29.4 Å². The summed E-state index contributed by atoms with van der Waals surface area (Å²) < 4.78 is 13.3. The molecule has 2 aliphatic rings.